The molecule has 0 fully saturated rings. The summed E-state index contributed by atoms with van der Waals surface area (Å²) in [6.07, 6.45) is 4.12. The van der Waals surface area contributed by atoms with Crippen LogP contribution in [0.3, 0.4) is 0 Å². The van der Waals surface area contributed by atoms with E-state index in [4.69, 9.17) is 40.0 Å². The van der Waals surface area contributed by atoms with E-state index in [1.165, 1.54) is 41.7 Å². The lowest BCUT2D eigenvalue weighted by Gasteiger charge is -2.18. The maximum Gasteiger partial charge on any atom is 0.337 e. The smallest absolute Gasteiger partial charge is 0.337 e. The number of nitrogens with zero attached hydrogens (tertiary/aromatic N) is 2. The number of carboxylic acids is 1. The molecule has 3 aromatic rings. The molecular formula is C26H24Cl2N6O4. The zero-order chi connectivity index (χ0) is 27.7. The number of benzene rings is 3. The summed E-state index contributed by atoms with van der Waals surface area (Å²) < 4.78 is 0. The van der Waals surface area contributed by atoms with Crippen LogP contribution < -0.4 is 27.3 Å². The third-order valence-electron chi connectivity index (χ3n) is 5.26. The highest BCUT2D eigenvalue weighted by Crippen LogP contribution is 2.24. The van der Waals surface area contributed by atoms with Crippen molar-refractivity contribution >= 4 is 64.8 Å². The standard InChI is InChI=1S/C26H24Cl2N6O4/c27-18-7-10-23(34(30)15-31-29)17(13-18)6-11-24(35)33-22(12-16-4-2-1-3-5-16)25(36)32-19-8-9-20(26(37)38)21(28)14-19/h1-11,13-15,22H,12,29-30H2,(H,32,36)(H,33,35)(H,37,38)/b11-6+,31-15-/t22-/m0/s1. The number of hydrogen-bond donors (Lipinski definition) is 5. The maximum absolute atomic E-state index is 13.1. The molecule has 0 aliphatic heterocycles. The first-order chi connectivity index (χ1) is 18.2. The predicted octanol–water partition coefficient (Wildman–Crippen LogP) is 3.65. The molecule has 0 radical (unpaired) electrons. The van der Waals surface area contributed by atoms with E-state index in [0.717, 1.165) is 5.56 Å². The molecule has 0 heterocycles. The molecule has 38 heavy (non-hydrogen) atoms. The Labute approximate surface area is 228 Å². The molecule has 0 aromatic heterocycles. The number of halogens is 2. The van der Waals surface area contributed by atoms with Gasteiger partial charge in [-0.15, -0.1) is 0 Å². The van der Waals surface area contributed by atoms with E-state index in [1.807, 2.05) is 30.3 Å². The van der Waals surface area contributed by atoms with Gasteiger partial charge in [-0.3, -0.25) is 14.6 Å². The molecule has 10 nitrogen and oxygen atoms in total. The Balaban J connectivity index is 1.81. The van der Waals surface area contributed by atoms with Crippen LogP contribution in [-0.4, -0.2) is 35.3 Å². The normalized spacial score (nSPS) is 11.9. The Bertz CT molecular complexity index is 1380. The Morgan fingerprint density at radius 2 is 1.79 bits per heavy atom. The van der Waals surface area contributed by atoms with Gasteiger partial charge in [-0.05, 0) is 48.0 Å². The number of hydrazone groups is 1. The minimum Gasteiger partial charge on any atom is -0.478 e. The monoisotopic (exact) mass is 554 g/mol. The first-order valence-electron chi connectivity index (χ1n) is 11.1. The van der Waals surface area contributed by atoms with Crippen molar-refractivity contribution in [3.63, 3.8) is 0 Å². The molecule has 12 heteroatoms. The van der Waals surface area contributed by atoms with Gasteiger partial charge in [0, 0.05) is 28.8 Å². The van der Waals surface area contributed by atoms with Crippen LogP contribution in [0.2, 0.25) is 10.0 Å². The first kappa shape index (κ1) is 28.2. The quantitative estimate of drug-likeness (QED) is 0.0838. The van der Waals surface area contributed by atoms with Crippen LogP contribution >= 0.6 is 23.2 Å². The van der Waals surface area contributed by atoms with Crippen LogP contribution in [0.5, 0.6) is 0 Å². The van der Waals surface area contributed by atoms with E-state index in [9.17, 15) is 14.4 Å². The molecule has 2 amide bonds. The Kier molecular flexibility index (Phi) is 9.83. The number of carbonyl (C=O) groups excluding carboxylic acids is 2. The Hall–Kier alpha value is -4.38. The zero-order valence-corrected chi connectivity index (χ0v) is 21.4. The van der Waals surface area contributed by atoms with Gasteiger partial charge in [-0.1, -0.05) is 53.5 Å². The van der Waals surface area contributed by atoms with Crippen molar-refractivity contribution in [1.29, 1.82) is 0 Å². The Morgan fingerprint density at radius 1 is 1.05 bits per heavy atom. The van der Waals surface area contributed by atoms with Crippen molar-refractivity contribution < 1.29 is 19.5 Å². The van der Waals surface area contributed by atoms with Crippen LogP contribution in [0, 0.1) is 0 Å². The number of carbonyl (C=O) groups is 3. The third-order valence-corrected chi connectivity index (χ3v) is 5.80. The second-order valence-corrected chi connectivity index (χ2v) is 8.79. The fourth-order valence-electron chi connectivity index (χ4n) is 3.47. The molecule has 0 bridgehead atoms. The number of carboxylic acid groups (broad SMARTS) is 1. The van der Waals surface area contributed by atoms with Crippen molar-refractivity contribution in [3.8, 4) is 0 Å². The highest BCUT2D eigenvalue weighted by molar-refractivity contribution is 6.34. The third kappa shape index (κ3) is 7.81. The van der Waals surface area contributed by atoms with Gasteiger partial charge in [0.1, 0.15) is 12.4 Å². The number of anilines is 2. The highest BCUT2D eigenvalue weighted by Gasteiger charge is 2.21. The molecule has 0 saturated heterocycles. The van der Waals surface area contributed by atoms with Gasteiger partial charge in [0.05, 0.1) is 16.3 Å². The number of rotatable bonds is 10. The van der Waals surface area contributed by atoms with Gasteiger partial charge in [0.25, 0.3) is 0 Å². The molecular weight excluding hydrogens is 531 g/mol. The van der Waals surface area contributed by atoms with Gasteiger partial charge >= 0.3 is 5.97 Å². The Morgan fingerprint density at radius 3 is 2.45 bits per heavy atom. The van der Waals surface area contributed by atoms with E-state index < -0.39 is 23.8 Å². The molecule has 196 valence electrons. The number of hydrazine groups is 1. The summed E-state index contributed by atoms with van der Waals surface area (Å²) in [5.74, 6) is 8.81. The number of nitrogens with two attached hydrogens (primary N) is 2. The second kappa shape index (κ2) is 13.2. The summed E-state index contributed by atoms with van der Waals surface area (Å²) >= 11 is 12.1. The minimum absolute atomic E-state index is 0.0344. The zero-order valence-electron chi connectivity index (χ0n) is 19.8. The molecule has 0 saturated carbocycles. The van der Waals surface area contributed by atoms with Crippen LogP contribution in [0.25, 0.3) is 6.08 Å². The fourth-order valence-corrected chi connectivity index (χ4v) is 3.91. The van der Waals surface area contributed by atoms with E-state index >= 15 is 0 Å². The molecule has 7 N–H and O–H groups in total. The lowest BCUT2D eigenvalue weighted by Crippen LogP contribution is -2.44. The summed E-state index contributed by atoms with van der Waals surface area (Å²) in [7, 11) is 0. The average Bonchev–Trinajstić information content (AvgIpc) is 2.87. The number of nitrogens with one attached hydrogen (secondary N) is 2. The largest absolute Gasteiger partial charge is 0.478 e. The van der Waals surface area contributed by atoms with Gasteiger partial charge < -0.3 is 21.6 Å². The maximum atomic E-state index is 13.1. The van der Waals surface area contributed by atoms with Gasteiger partial charge in [0.15, 0.2) is 0 Å². The molecule has 1 atom stereocenters. The summed E-state index contributed by atoms with van der Waals surface area (Å²) in [6.45, 7) is 0. The van der Waals surface area contributed by atoms with Gasteiger partial charge in [0.2, 0.25) is 11.8 Å². The van der Waals surface area contributed by atoms with Crippen LogP contribution in [-0.2, 0) is 16.0 Å². The van der Waals surface area contributed by atoms with Crippen molar-refractivity contribution in [1.82, 2.24) is 5.32 Å². The number of hydrogen-bond acceptors (Lipinski definition) is 6. The molecule has 0 unspecified atom stereocenters. The van der Waals surface area contributed by atoms with E-state index in [2.05, 4.69) is 15.7 Å². The fraction of sp³-hybridized carbons (Fsp3) is 0.0769. The molecule has 0 aliphatic carbocycles. The van der Waals surface area contributed by atoms with E-state index in [0.29, 0.717) is 16.3 Å². The van der Waals surface area contributed by atoms with Crippen molar-refractivity contribution in [2.45, 2.75) is 12.5 Å². The second-order valence-electron chi connectivity index (χ2n) is 7.95. The molecule has 0 aliphatic rings. The summed E-state index contributed by atoms with van der Waals surface area (Å²) in [6, 6.07) is 17.0. The van der Waals surface area contributed by atoms with Gasteiger partial charge in [-0.25, -0.2) is 10.6 Å². The van der Waals surface area contributed by atoms with Crippen molar-refractivity contribution in [3.05, 3.63) is 99.5 Å². The predicted molar refractivity (Wildman–Crippen MR) is 149 cm³/mol. The lowest BCUT2D eigenvalue weighted by atomic mass is 10.0. The number of aromatic carboxylic acids is 1. The molecule has 0 spiro atoms. The first-order valence-corrected chi connectivity index (χ1v) is 11.9. The van der Waals surface area contributed by atoms with Crippen LogP contribution in [0.15, 0.2) is 77.9 Å². The van der Waals surface area contributed by atoms with E-state index in [1.54, 1.807) is 18.2 Å². The van der Waals surface area contributed by atoms with Crippen LogP contribution in [0.1, 0.15) is 21.5 Å². The minimum atomic E-state index is -1.19. The van der Waals surface area contributed by atoms with Crippen LogP contribution in [0.4, 0.5) is 11.4 Å². The average molecular weight is 555 g/mol. The highest BCUT2D eigenvalue weighted by atomic mass is 35.5. The number of amides is 2. The van der Waals surface area contributed by atoms with E-state index in [-0.39, 0.29) is 22.7 Å². The molecule has 3 rings (SSSR count). The SMILES string of the molecule is N/N=C\N(N)c1ccc(Cl)cc1/C=C/C(=O)N[C@@H](Cc1ccccc1)C(=O)Nc1ccc(C(=O)O)c(Cl)c1. The van der Waals surface area contributed by atoms with Crippen molar-refractivity contribution in [2.24, 2.45) is 16.8 Å². The topological polar surface area (TPSA) is 163 Å². The summed E-state index contributed by atoms with van der Waals surface area (Å²) in [5.41, 5.74) is 1.98. The van der Waals surface area contributed by atoms with Crippen molar-refractivity contribution in [2.75, 3.05) is 10.3 Å². The lowest BCUT2D eigenvalue weighted by molar-refractivity contribution is -0.123. The molecule has 3 aromatic carbocycles. The summed E-state index contributed by atoms with van der Waals surface area (Å²) in [4.78, 5) is 37.2. The van der Waals surface area contributed by atoms with Gasteiger partial charge in [-0.2, -0.15) is 5.10 Å². The summed E-state index contributed by atoms with van der Waals surface area (Å²) in [5, 5.41) is 19.5.